The minimum Gasteiger partial charge on any atom is -0.354 e. The van der Waals surface area contributed by atoms with Crippen molar-refractivity contribution in [2.24, 2.45) is 5.92 Å². The predicted octanol–water partition coefficient (Wildman–Crippen LogP) is 4.39. The predicted molar refractivity (Wildman–Crippen MR) is 124 cm³/mol. The van der Waals surface area contributed by atoms with E-state index in [2.05, 4.69) is 46.5 Å². The molecule has 162 valence electrons. The number of para-hydroxylation sites is 1. The van der Waals surface area contributed by atoms with E-state index in [-0.39, 0.29) is 11.9 Å². The van der Waals surface area contributed by atoms with E-state index >= 15 is 0 Å². The lowest BCUT2D eigenvalue weighted by Crippen LogP contribution is -2.42. The molecule has 1 saturated heterocycles. The molecule has 3 aromatic rings. The van der Waals surface area contributed by atoms with Crippen molar-refractivity contribution in [2.75, 3.05) is 19.6 Å². The molecule has 5 heteroatoms. The number of carbonyl (C=O) groups is 1. The van der Waals surface area contributed by atoms with Gasteiger partial charge in [-0.25, -0.2) is 4.68 Å². The summed E-state index contributed by atoms with van der Waals surface area (Å²) >= 11 is 0. The SMILES string of the molecule is CC1CCN(C(CNC(=O)CCc2cnn(-c3ccccc3)c2)c2ccccc2)CC1. The molecule has 1 N–H and O–H groups in total. The number of aromatic nitrogens is 2. The van der Waals surface area contributed by atoms with Crippen LogP contribution in [0.3, 0.4) is 0 Å². The Kier molecular flexibility index (Phi) is 7.15. The minimum atomic E-state index is 0.0961. The van der Waals surface area contributed by atoms with E-state index in [1.807, 2.05) is 53.5 Å². The second-order valence-electron chi connectivity index (χ2n) is 8.58. The standard InChI is InChI=1S/C26H32N4O/c1-21-14-16-29(17-15-21)25(23-8-4-2-5-9-23)19-27-26(31)13-12-22-18-28-30(20-22)24-10-6-3-7-11-24/h2-11,18,20-21,25H,12-17,19H2,1H3,(H,27,31). The van der Waals surface area contributed by atoms with Crippen LogP contribution in [0.25, 0.3) is 5.69 Å². The van der Waals surface area contributed by atoms with Crippen molar-refractivity contribution in [1.82, 2.24) is 20.0 Å². The van der Waals surface area contributed by atoms with Gasteiger partial charge in [0, 0.05) is 19.2 Å². The smallest absolute Gasteiger partial charge is 0.220 e. The van der Waals surface area contributed by atoms with Crippen molar-refractivity contribution in [2.45, 2.75) is 38.6 Å². The Morgan fingerprint density at radius 3 is 2.45 bits per heavy atom. The van der Waals surface area contributed by atoms with Crippen LogP contribution in [0.1, 0.15) is 43.4 Å². The highest BCUT2D eigenvalue weighted by molar-refractivity contribution is 5.76. The van der Waals surface area contributed by atoms with E-state index in [1.54, 1.807) is 0 Å². The van der Waals surface area contributed by atoms with Crippen molar-refractivity contribution in [3.63, 3.8) is 0 Å². The molecule has 1 aromatic heterocycles. The summed E-state index contributed by atoms with van der Waals surface area (Å²) in [6.07, 6.45) is 7.46. The van der Waals surface area contributed by atoms with Crippen molar-refractivity contribution < 1.29 is 4.79 Å². The van der Waals surface area contributed by atoms with Gasteiger partial charge < -0.3 is 5.32 Å². The van der Waals surface area contributed by atoms with Gasteiger partial charge in [0.1, 0.15) is 0 Å². The fraction of sp³-hybridized carbons (Fsp3) is 0.385. The van der Waals surface area contributed by atoms with Crippen LogP contribution in [0.2, 0.25) is 0 Å². The van der Waals surface area contributed by atoms with Crippen LogP contribution in [0.15, 0.2) is 73.1 Å². The van der Waals surface area contributed by atoms with Gasteiger partial charge in [0.05, 0.1) is 17.9 Å². The molecule has 1 aliphatic rings. The first-order valence-corrected chi connectivity index (χ1v) is 11.3. The average molecular weight is 417 g/mol. The van der Waals surface area contributed by atoms with Gasteiger partial charge in [-0.2, -0.15) is 5.10 Å². The molecule has 1 unspecified atom stereocenters. The topological polar surface area (TPSA) is 50.2 Å². The lowest BCUT2D eigenvalue weighted by molar-refractivity contribution is -0.121. The number of benzene rings is 2. The molecular weight excluding hydrogens is 384 g/mol. The molecule has 0 aliphatic carbocycles. The lowest BCUT2D eigenvalue weighted by atomic mass is 9.95. The third-order valence-corrected chi connectivity index (χ3v) is 6.23. The molecule has 0 radical (unpaired) electrons. The quantitative estimate of drug-likeness (QED) is 0.592. The van der Waals surface area contributed by atoms with Gasteiger partial charge in [-0.05, 0) is 61.5 Å². The largest absolute Gasteiger partial charge is 0.354 e. The molecule has 5 nitrogen and oxygen atoms in total. The first-order chi connectivity index (χ1) is 15.2. The number of carbonyl (C=O) groups excluding carboxylic acids is 1. The summed E-state index contributed by atoms with van der Waals surface area (Å²) < 4.78 is 1.86. The molecule has 2 aromatic carbocycles. The van der Waals surface area contributed by atoms with Crippen LogP contribution < -0.4 is 5.32 Å². The van der Waals surface area contributed by atoms with Crippen molar-refractivity contribution in [1.29, 1.82) is 0 Å². The first-order valence-electron chi connectivity index (χ1n) is 11.3. The fourth-order valence-corrected chi connectivity index (χ4v) is 4.24. The summed E-state index contributed by atoms with van der Waals surface area (Å²) in [5.41, 5.74) is 3.38. The van der Waals surface area contributed by atoms with Gasteiger partial charge in [-0.3, -0.25) is 9.69 Å². The fourth-order valence-electron chi connectivity index (χ4n) is 4.24. The molecule has 0 spiro atoms. The average Bonchev–Trinajstić information content (AvgIpc) is 3.29. The monoisotopic (exact) mass is 416 g/mol. The van der Waals surface area contributed by atoms with Crippen LogP contribution in [-0.2, 0) is 11.2 Å². The number of piperidine rings is 1. The second kappa shape index (κ2) is 10.4. The van der Waals surface area contributed by atoms with Gasteiger partial charge in [0.25, 0.3) is 0 Å². The zero-order valence-corrected chi connectivity index (χ0v) is 18.3. The van der Waals surface area contributed by atoms with E-state index in [1.165, 1.54) is 18.4 Å². The molecule has 0 saturated carbocycles. The van der Waals surface area contributed by atoms with Crippen LogP contribution >= 0.6 is 0 Å². The highest BCUT2D eigenvalue weighted by atomic mass is 16.1. The molecule has 2 heterocycles. The third kappa shape index (κ3) is 5.82. The Morgan fingerprint density at radius 2 is 1.74 bits per heavy atom. The second-order valence-corrected chi connectivity index (χ2v) is 8.58. The number of hydrogen-bond acceptors (Lipinski definition) is 3. The van der Waals surface area contributed by atoms with Gasteiger partial charge in [0.15, 0.2) is 0 Å². The maximum Gasteiger partial charge on any atom is 0.220 e. The van der Waals surface area contributed by atoms with E-state index in [0.29, 0.717) is 19.4 Å². The molecule has 4 rings (SSSR count). The molecule has 0 bridgehead atoms. The van der Waals surface area contributed by atoms with Crippen molar-refractivity contribution >= 4 is 5.91 Å². The zero-order chi connectivity index (χ0) is 21.5. The van der Waals surface area contributed by atoms with Crippen LogP contribution in [0, 0.1) is 5.92 Å². The number of likely N-dealkylation sites (tertiary alicyclic amines) is 1. The normalized spacial score (nSPS) is 16.2. The number of nitrogens with one attached hydrogen (secondary N) is 1. The zero-order valence-electron chi connectivity index (χ0n) is 18.3. The van der Waals surface area contributed by atoms with Crippen LogP contribution in [-0.4, -0.2) is 40.2 Å². The molecule has 1 aliphatic heterocycles. The van der Waals surface area contributed by atoms with E-state index in [4.69, 9.17) is 0 Å². The van der Waals surface area contributed by atoms with Gasteiger partial charge >= 0.3 is 0 Å². The third-order valence-electron chi connectivity index (χ3n) is 6.23. The van der Waals surface area contributed by atoms with Gasteiger partial charge in [-0.1, -0.05) is 55.5 Å². The molecule has 1 amide bonds. The molecule has 1 atom stereocenters. The van der Waals surface area contributed by atoms with Gasteiger partial charge in [-0.15, -0.1) is 0 Å². The molecule has 1 fully saturated rings. The van der Waals surface area contributed by atoms with Crippen molar-refractivity contribution in [3.05, 3.63) is 84.2 Å². The van der Waals surface area contributed by atoms with E-state index in [9.17, 15) is 4.79 Å². The summed E-state index contributed by atoms with van der Waals surface area (Å²) in [5.74, 6) is 0.887. The lowest BCUT2D eigenvalue weighted by Gasteiger charge is -2.37. The summed E-state index contributed by atoms with van der Waals surface area (Å²) in [6.45, 7) is 5.17. The number of nitrogens with zero attached hydrogens (tertiary/aromatic N) is 3. The highest BCUT2D eigenvalue weighted by Crippen LogP contribution is 2.26. The number of rotatable bonds is 8. The first kappa shape index (κ1) is 21.3. The van der Waals surface area contributed by atoms with Gasteiger partial charge in [0.2, 0.25) is 5.91 Å². The maximum absolute atomic E-state index is 12.6. The summed E-state index contributed by atoms with van der Waals surface area (Å²) in [7, 11) is 0. The van der Waals surface area contributed by atoms with E-state index in [0.717, 1.165) is 30.3 Å². The summed E-state index contributed by atoms with van der Waals surface area (Å²) in [6, 6.07) is 20.8. The Morgan fingerprint density at radius 1 is 1.06 bits per heavy atom. The Hall–Kier alpha value is -2.92. The molecule has 31 heavy (non-hydrogen) atoms. The number of aryl methyl sites for hydroxylation is 1. The van der Waals surface area contributed by atoms with Crippen LogP contribution in [0.4, 0.5) is 0 Å². The summed E-state index contributed by atoms with van der Waals surface area (Å²) in [5, 5.41) is 7.61. The number of hydrogen-bond donors (Lipinski definition) is 1. The highest BCUT2D eigenvalue weighted by Gasteiger charge is 2.24. The van der Waals surface area contributed by atoms with Crippen LogP contribution in [0.5, 0.6) is 0 Å². The summed E-state index contributed by atoms with van der Waals surface area (Å²) in [4.78, 5) is 15.1. The number of amides is 1. The Labute approximate surface area is 185 Å². The molecular formula is C26H32N4O. The Balaban J connectivity index is 1.31. The Bertz CT molecular complexity index is 946. The van der Waals surface area contributed by atoms with Crippen molar-refractivity contribution in [3.8, 4) is 5.69 Å². The van der Waals surface area contributed by atoms with E-state index < -0.39 is 0 Å². The maximum atomic E-state index is 12.6. The minimum absolute atomic E-state index is 0.0961.